The normalized spacial score (nSPS) is 15.4. The fraction of sp³-hybridized carbons (Fsp3) is 0.441. The quantitative estimate of drug-likeness (QED) is 0.0560. The maximum absolute atomic E-state index is 6.73. The molecule has 5 aromatic carbocycles. The third-order valence-electron chi connectivity index (χ3n) is 18.1. The van der Waals surface area contributed by atoms with Crippen molar-refractivity contribution in [3.63, 3.8) is 0 Å². The van der Waals surface area contributed by atoms with Crippen LogP contribution in [0.4, 0.5) is 11.4 Å². The second-order valence-electron chi connectivity index (χ2n) is 22.9. The summed E-state index contributed by atoms with van der Waals surface area (Å²) in [5.41, 5.74) is 18.6. The van der Waals surface area contributed by atoms with Gasteiger partial charge in [0.2, 0.25) is 0 Å². The lowest BCUT2D eigenvalue weighted by atomic mass is 9.70. The summed E-state index contributed by atoms with van der Waals surface area (Å²) >= 11 is 5.91. The molecule has 0 atom stereocenters. The van der Waals surface area contributed by atoms with Gasteiger partial charge in [-0.1, -0.05) is 203 Å². The van der Waals surface area contributed by atoms with E-state index in [0.717, 1.165) is 113 Å². The first kappa shape index (κ1) is 53.6. The van der Waals surface area contributed by atoms with Gasteiger partial charge in [-0.3, -0.25) is 0 Å². The first-order valence-electron chi connectivity index (χ1n) is 30.3. The fourth-order valence-electron chi connectivity index (χ4n) is 14.2. The molecule has 0 bridgehead atoms. The lowest BCUT2D eigenvalue weighted by Gasteiger charge is -2.33. The van der Waals surface area contributed by atoms with Crippen LogP contribution in [-0.4, -0.2) is 35.2 Å². The molecule has 12 heteroatoms. The van der Waals surface area contributed by atoms with E-state index in [1.807, 2.05) is 0 Å². The van der Waals surface area contributed by atoms with Gasteiger partial charge in [0.15, 0.2) is 23.0 Å². The molecule has 0 radical (unpaired) electrons. The van der Waals surface area contributed by atoms with Crippen LogP contribution < -0.4 is 18.9 Å². The average molecular weight is 1140 g/mol. The standard InChI is InChI=1S/C68H74N4O4S4/c1-5-9-13-21-33-67(34-22-14-10-6-2)49-27-19-17-25-45(49)47-31-29-43(41-51(47)67)63-59-61(75-39-37-73-59)65(77-63)53-55-57(71-79-69-55)54(58-56(53)70-80-72-58)66-62-60(74-38-40-76-62)64(78-66)44-30-32-48-46-26-18-20-28-50(46)68(52(48)42-44,35-23-15-11-7-3)36-24-16-12-8-4/h17-20,25-32,41-42H,5-16,21-24,33-40H2,1-4H3. The summed E-state index contributed by atoms with van der Waals surface area (Å²) in [6.07, 6.45) is 24.6. The number of rotatable bonds is 24. The minimum Gasteiger partial charge on any atom is -0.485 e. The maximum Gasteiger partial charge on any atom is 0.180 e. The second kappa shape index (κ2) is 23.3. The van der Waals surface area contributed by atoms with Crippen LogP contribution >= 0.6 is 34.4 Å². The Hall–Kier alpha value is -5.66. The van der Waals surface area contributed by atoms with Crippen LogP contribution in [0.15, 0.2) is 93.7 Å². The van der Waals surface area contributed by atoms with Crippen molar-refractivity contribution in [3.8, 4) is 87.0 Å². The molecule has 0 spiro atoms. The Bertz CT molecular complexity index is 3420. The molecule has 0 saturated heterocycles. The highest BCUT2D eigenvalue weighted by Crippen LogP contribution is 2.65. The molecule has 6 heterocycles. The summed E-state index contributed by atoms with van der Waals surface area (Å²) in [6, 6.07) is 33.0. The second-order valence-corrected chi connectivity index (χ2v) is 26.0. The van der Waals surface area contributed by atoms with Crippen molar-refractivity contribution in [2.24, 2.45) is 8.73 Å². The summed E-state index contributed by atoms with van der Waals surface area (Å²) in [4.78, 5) is 4.04. The van der Waals surface area contributed by atoms with Crippen molar-refractivity contribution in [2.45, 2.75) is 167 Å². The van der Waals surface area contributed by atoms with Gasteiger partial charge in [0, 0.05) is 10.8 Å². The molecule has 0 unspecified atom stereocenters. The summed E-state index contributed by atoms with van der Waals surface area (Å²) in [6.45, 7) is 11.1. The molecule has 0 fully saturated rings. The number of ether oxygens (including phenoxy) is 4. The zero-order chi connectivity index (χ0) is 54.2. The van der Waals surface area contributed by atoms with E-state index in [-0.39, 0.29) is 10.8 Å². The molecule has 8 nitrogen and oxygen atoms in total. The van der Waals surface area contributed by atoms with Crippen LogP contribution in [0.5, 0.6) is 23.0 Å². The number of benzene rings is 5. The summed E-state index contributed by atoms with van der Waals surface area (Å²) < 4.78 is 47.5. The van der Waals surface area contributed by atoms with E-state index in [1.165, 1.54) is 170 Å². The summed E-state index contributed by atoms with van der Waals surface area (Å²) in [5, 5.41) is 0. The lowest BCUT2D eigenvalue weighted by molar-refractivity contribution is 0.175. The van der Waals surface area contributed by atoms with E-state index in [9.17, 15) is 0 Å². The van der Waals surface area contributed by atoms with Crippen LogP contribution in [0.3, 0.4) is 0 Å². The zero-order valence-corrected chi connectivity index (χ0v) is 50.4. The zero-order valence-electron chi connectivity index (χ0n) is 47.1. The van der Waals surface area contributed by atoms with Gasteiger partial charge < -0.3 is 18.9 Å². The van der Waals surface area contributed by atoms with Gasteiger partial charge in [-0.2, -0.15) is 17.5 Å². The molecule has 3 aromatic heterocycles. The molecule has 5 aliphatic rings. The molecule has 8 aromatic rings. The number of hydrogen-bond acceptors (Lipinski definition) is 11. The van der Waals surface area contributed by atoms with Crippen LogP contribution in [-0.2, 0) is 22.2 Å². The van der Waals surface area contributed by atoms with Crippen LogP contribution in [0.1, 0.15) is 178 Å². The number of unbranched alkanes of at least 4 members (excludes halogenated alkanes) is 12. The first-order valence-corrected chi connectivity index (χ1v) is 33.4. The topological polar surface area (TPSA) is 87.4 Å². The third-order valence-corrected chi connectivity index (χ3v) is 21.6. The van der Waals surface area contributed by atoms with Crippen LogP contribution in [0.25, 0.3) is 75.0 Å². The highest BCUT2D eigenvalue weighted by atomic mass is 32.1. The van der Waals surface area contributed by atoms with Crippen LogP contribution in [0.2, 0.25) is 0 Å². The SMILES string of the molecule is CCCCCCC1(CCCCCC)c2ccccc2-c2ccc(-c3sc(-c4c5c(c(-c6sc(-c7ccc8c(c7)C(CCCCCC)(CCCCCC)c7ccccc7-8)c7c6OCCO7)c6nsnc46)N=S=N5)c4c3OCCO4)cc21. The van der Waals surface area contributed by atoms with Crippen molar-refractivity contribution in [1.29, 1.82) is 0 Å². The number of thiophene rings is 2. The maximum atomic E-state index is 6.73. The molecule has 0 N–H and O–H groups in total. The van der Waals surface area contributed by atoms with Gasteiger partial charge in [-0.25, -0.2) is 0 Å². The molecule has 13 rings (SSSR count). The van der Waals surface area contributed by atoms with Crippen molar-refractivity contribution < 1.29 is 18.9 Å². The Labute approximate surface area is 488 Å². The third kappa shape index (κ3) is 9.17. The lowest BCUT2D eigenvalue weighted by Crippen LogP contribution is -2.25. The molecule has 80 heavy (non-hydrogen) atoms. The predicted molar refractivity (Wildman–Crippen MR) is 336 cm³/mol. The van der Waals surface area contributed by atoms with E-state index in [2.05, 4.69) is 113 Å². The first-order chi connectivity index (χ1) is 39.5. The van der Waals surface area contributed by atoms with Gasteiger partial charge in [-0.05, 0) is 93.5 Å². The monoisotopic (exact) mass is 1140 g/mol. The minimum atomic E-state index is -0.0397. The van der Waals surface area contributed by atoms with Gasteiger partial charge in [0.25, 0.3) is 0 Å². The van der Waals surface area contributed by atoms with E-state index >= 15 is 0 Å². The van der Waals surface area contributed by atoms with Crippen molar-refractivity contribution in [1.82, 2.24) is 8.75 Å². The Morgan fingerprint density at radius 1 is 0.400 bits per heavy atom. The number of nitrogens with zero attached hydrogens (tertiary/aromatic N) is 4. The Kier molecular flexibility index (Phi) is 15.6. The van der Waals surface area contributed by atoms with Gasteiger partial charge in [0.05, 0.1) is 53.7 Å². The fourth-order valence-corrected chi connectivity index (χ4v) is 17.8. The predicted octanol–water partition coefficient (Wildman–Crippen LogP) is 21.2. The van der Waals surface area contributed by atoms with E-state index in [4.69, 9.17) is 36.4 Å². The van der Waals surface area contributed by atoms with E-state index in [1.54, 1.807) is 22.7 Å². The Morgan fingerprint density at radius 2 is 0.762 bits per heavy atom. The average Bonchev–Trinajstić information content (AvgIpc) is 4.55. The van der Waals surface area contributed by atoms with Gasteiger partial charge in [-0.15, -0.1) is 22.7 Å². The highest BCUT2D eigenvalue weighted by Gasteiger charge is 2.45. The molecule has 2 aliphatic carbocycles. The largest absolute Gasteiger partial charge is 0.485 e. The van der Waals surface area contributed by atoms with Gasteiger partial charge >= 0.3 is 0 Å². The number of fused-ring (bicyclic) bond motifs is 10. The molecular weight excluding hydrogens is 1070 g/mol. The molecule has 0 amide bonds. The van der Waals surface area contributed by atoms with Crippen molar-refractivity contribution in [2.75, 3.05) is 26.4 Å². The van der Waals surface area contributed by atoms with Crippen molar-refractivity contribution >= 4 is 68.2 Å². The molecular formula is C68H74N4O4S4. The highest BCUT2D eigenvalue weighted by molar-refractivity contribution is 7.58. The van der Waals surface area contributed by atoms with Crippen LogP contribution in [0, 0.1) is 0 Å². The summed E-state index contributed by atoms with van der Waals surface area (Å²) in [7, 11) is 0. The van der Waals surface area contributed by atoms with E-state index < -0.39 is 0 Å². The number of hydrogen-bond donors (Lipinski definition) is 0. The molecule has 0 saturated carbocycles. The number of aromatic nitrogens is 2. The van der Waals surface area contributed by atoms with Gasteiger partial charge in [0.1, 0.15) is 48.8 Å². The summed E-state index contributed by atoms with van der Waals surface area (Å²) in [5.74, 6) is 3.09. The molecule has 414 valence electrons. The molecule has 3 aliphatic heterocycles. The smallest absolute Gasteiger partial charge is 0.180 e. The van der Waals surface area contributed by atoms with E-state index in [0.29, 0.717) is 26.4 Å². The van der Waals surface area contributed by atoms with Crippen molar-refractivity contribution in [3.05, 3.63) is 107 Å². The Balaban J connectivity index is 0.923. The Morgan fingerprint density at radius 3 is 1.15 bits per heavy atom. The minimum absolute atomic E-state index is 0.0397.